The van der Waals surface area contributed by atoms with Gasteiger partial charge in [0.1, 0.15) is 11.7 Å². The van der Waals surface area contributed by atoms with Gasteiger partial charge in [0.05, 0.1) is 23.6 Å². The molecule has 3 aromatic heterocycles. The van der Waals surface area contributed by atoms with Crippen LogP contribution in [0.5, 0.6) is 0 Å². The van der Waals surface area contributed by atoms with Crippen LogP contribution in [0.15, 0.2) is 44.3 Å². The van der Waals surface area contributed by atoms with Gasteiger partial charge in [0.2, 0.25) is 5.91 Å². The Morgan fingerprint density at radius 3 is 2.90 bits per heavy atom. The third-order valence-corrected chi connectivity index (χ3v) is 4.88. The van der Waals surface area contributed by atoms with Crippen LogP contribution in [0.1, 0.15) is 31.5 Å². The molecule has 0 bridgehead atoms. The van der Waals surface area contributed by atoms with Gasteiger partial charge in [-0.2, -0.15) is 5.10 Å². The quantitative estimate of drug-likeness (QED) is 0.678. The molecular formula is C20H22N4O5. The van der Waals surface area contributed by atoms with Crippen molar-refractivity contribution in [3.8, 4) is 22.8 Å². The van der Waals surface area contributed by atoms with Gasteiger partial charge in [-0.25, -0.2) is 4.68 Å². The Labute approximate surface area is 166 Å². The molecule has 1 aliphatic rings. The molecule has 0 unspecified atom stereocenters. The maximum absolute atomic E-state index is 12.8. The van der Waals surface area contributed by atoms with Crippen LogP contribution in [-0.4, -0.2) is 40.1 Å². The second-order valence-corrected chi connectivity index (χ2v) is 7.06. The fraction of sp³-hybridized carbons (Fsp3) is 0.400. The van der Waals surface area contributed by atoms with Crippen LogP contribution >= 0.6 is 0 Å². The summed E-state index contributed by atoms with van der Waals surface area (Å²) < 4.78 is 17.5. The van der Waals surface area contributed by atoms with Gasteiger partial charge in [-0.1, -0.05) is 5.16 Å². The molecule has 9 nitrogen and oxygen atoms in total. The average Bonchev–Trinajstić information content (AvgIpc) is 3.47. The van der Waals surface area contributed by atoms with Gasteiger partial charge in [0.25, 0.3) is 5.56 Å². The molecule has 0 aliphatic carbocycles. The number of furan rings is 1. The highest BCUT2D eigenvalue weighted by atomic mass is 16.5. The number of rotatable bonds is 6. The van der Waals surface area contributed by atoms with Crippen molar-refractivity contribution in [2.45, 2.75) is 38.8 Å². The smallest absolute Gasteiger partial charge is 0.268 e. The van der Waals surface area contributed by atoms with E-state index in [1.807, 2.05) is 0 Å². The summed E-state index contributed by atoms with van der Waals surface area (Å²) in [4.78, 5) is 25.3. The highest BCUT2D eigenvalue weighted by molar-refractivity contribution is 5.80. The van der Waals surface area contributed by atoms with E-state index in [0.717, 1.165) is 17.5 Å². The minimum atomic E-state index is -0.803. The van der Waals surface area contributed by atoms with Crippen molar-refractivity contribution in [3.63, 3.8) is 0 Å². The van der Waals surface area contributed by atoms with Gasteiger partial charge in [-0.3, -0.25) is 9.59 Å². The molecule has 0 spiro atoms. The number of carbonyl (C=O) groups is 1. The van der Waals surface area contributed by atoms with Crippen LogP contribution in [0, 0.1) is 6.92 Å². The lowest BCUT2D eigenvalue weighted by atomic mass is 10.1. The number of ether oxygens (including phenoxy) is 1. The van der Waals surface area contributed by atoms with Gasteiger partial charge in [0, 0.05) is 25.3 Å². The summed E-state index contributed by atoms with van der Waals surface area (Å²) in [7, 11) is 0. The lowest BCUT2D eigenvalue weighted by Crippen LogP contribution is -2.40. The Morgan fingerprint density at radius 1 is 1.38 bits per heavy atom. The number of nitrogens with one attached hydrogen (secondary N) is 1. The molecule has 1 aliphatic heterocycles. The minimum Gasteiger partial charge on any atom is -0.463 e. The third kappa shape index (κ3) is 4.00. The summed E-state index contributed by atoms with van der Waals surface area (Å²) in [5.74, 6) is 0.555. The van der Waals surface area contributed by atoms with E-state index in [4.69, 9.17) is 13.7 Å². The Morgan fingerprint density at radius 2 is 2.24 bits per heavy atom. The van der Waals surface area contributed by atoms with Crippen LogP contribution in [0.3, 0.4) is 0 Å². The monoisotopic (exact) mass is 398 g/mol. The Kier molecular flexibility index (Phi) is 5.30. The lowest BCUT2D eigenvalue weighted by Gasteiger charge is -2.17. The van der Waals surface area contributed by atoms with Gasteiger partial charge in [-0.05, 0) is 38.8 Å². The number of hydrogen-bond donors (Lipinski definition) is 1. The predicted molar refractivity (Wildman–Crippen MR) is 103 cm³/mol. The SMILES string of the molecule is Cc1cc(-c2cc(=O)n([C@@H](C)C(=O)NC[C@@H]3CCCO3)nc2-c2ccco2)on1. The van der Waals surface area contributed by atoms with Crippen molar-refractivity contribution < 1.29 is 18.5 Å². The molecule has 1 N–H and O–H groups in total. The first-order valence-corrected chi connectivity index (χ1v) is 9.53. The van der Waals surface area contributed by atoms with Gasteiger partial charge < -0.3 is 19.0 Å². The molecule has 152 valence electrons. The van der Waals surface area contributed by atoms with Gasteiger partial charge in [0.15, 0.2) is 11.5 Å². The highest BCUT2D eigenvalue weighted by Gasteiger charge is 2.24. The van der Waals surface area contributed by atoms with Crippen LogP contribution in [0.4, 0.5) is 0 Å². The topological polar surface area (TPSA) is 112 Å². The molecule has 1 fully saturated rings. The van der Waals surface area contributed by atoms with Crippen LogP contribution in [0.2, 0.25) is 0 Å². The first-order chi connectivity index (χ1) is 14.0. The predicted octanol–water partition coefficient (Wildman–Crippen LogP) is 2.32. The highest BCUT2D eigenvalue weighted by Crippen LogP contribution is 2.30. The number of hydrogen-bond acceptors (Lipinski definition) is 7. The lowest BCUT2D eigenvalue weighted by molar-refractivity contribution is -0.124. The zero-order chi connectivity index (χ0) is 20.4. The molecular weight excluding hydrogens is 376 g/mol. The van der Waals surface area contributed by atoms with E-state index in [2.05, 4.69) is 15.6 Å². The minimum absolute atomic E-state index is 0.0200. The second kappa shape index (κ2) is 8.04. The zero-order valence-corrected chi connectivity index (χ0v) is 16.3. The van der Waals surface area contributed by atoms with E-state index in [9.17, 15) is 9.59 Å². The molecule has 1 amide bonds. The molecule has 0 saturated carbocycles. The fourth-order valence-electron chi connectivity index (χ4n) is 3.30. The molecule has 4 rings (SSSR count). The summed E-state index contributed by atoms with van der Waals surface area (Å²) in [5, 5.41) is 11.1. The van der Waals surface area contributed by atoms with Crippen molar-refractivity contribution in [1.29, 1.82) is 0 Å². The first-order valence-electron chi connectivity index (χ1n) is 9.53. The van der Waals surface area contributed by atoms with Crippen molar-refractivity contribution in [2.75, 3.05) is 13.2 Å². The molecule has 0 aromatic carbocycles. The summed E-state index contributed by atoms with van der Waals surface area (Å²) in [6.07, 6.45) is 3.44. The Balaban J connectivity index is 1.66. The second-order valence-electron chi connectivity index (χ2n) is 7.06. The summed E-state index contributed by atoms with van der Waals surface area (Å²) in [5.41, 5.74) is 1.10. The Hall–Kier alpha value is -3.20. The van der Waals surface area contributed by atoms with Crippen LogP contribution in [0.25, 0.3) is 22.8 Å². The van der Waals surface area contributed by atoms with Gasteiger partial charge >= 0.3 is 0 Å². The third-order valence-electron chi connectivity index (χ3n) is 4.88. The standard InChI is InChI=1S/C20H22N4O5/c1-12-9-17(29-23-12)15-10-18(25)24(22-19(15)16-6-4-8-28-16)13(2)20(26)21-11-14-5-3-7-27-14/h4,6,8-10,13-14H,3,5,7,11H2,1-2H3,(H,21,26)/t13-,14-/m0/s1. The van der Waals surface area contributed by atoms with Gasteiger partial charge in [-0.15, -0.1) is 0 Å². The largest absolute Gasteiger partial charge is 0.463 e. The van der Waals surface area contributed by atoms with E-state index in [-0.39, 0.29) is 12.0 Å². The fourth-order valence-corrected chi connectivity index (χ4v) is 3.30. The van der Waals surface area contributed by atoms with Crippen molar-refractivity contribution in [3.05, 3.63) is 46.6 Å². The molecule has 4 heterocycles. The van der Waals surface area contributed by atoms with E-state index in [1.54, 1.807) is 32.0 Å². The van der Waals surface area contributed by atoms with E-state index < -0.39 is 11.6 Å². The molecule has 1 saturated heterocycles. The molecule has 2 atom stereocenters. The number of carbonyl (C=O) groups excluding carboxylic acids is 1. The molecule has 9 heteroatoms. The number of nitrogens with zero attached hydrogens (tertiary/aromatic N) is 3. The molecule has 0 radical (unpaired) electrons. The zero-order valence-electron chi connectivity index (χ0n) is 16.3. The first kappa shape index (κ1) is 19.1. The van der Waals surface area contributed by atoms with E-state index in [1.165, 1.54) is 12.3 Å². The summed E-state index contributed by atoms with van der Waals surface area (Å²) in [6, 6.07) is 5.74. The molecule has 29 heavy (non-hydrogen) atoms. The summed E-state index contributed by atoms with van der Waals surface area (Å²) >= 11 is 0. The van der Waals surface area contributed by atoms with Crippen LogP contribution < -0.4 is 10.9 Å². The van der Waals surface area contributed by atoms with Crippen LogP contribution in [-0.2, 0) is 9.53 Å². The van der Waals surface area contributed by atoms with E-state index >= 15 is 0 Å². The number of aryl methyl sites for hydroxylation is 1. The average molecular weight is 398 g/mol. The van der Waals surface area contributed by atoms with Crippen molar-refractivity contribution >= 4 is 5.91 Å². The number of aromatic nitrogens is 3. The van der Waals surface area contributed by atoms with Crippen molar-refractivity contribution in [1.82, 2.24) is 20.3 Å². The maximum Gasteiger partial charge on any atom is 0.268 e. The van der Waals surface area contributed by atoms with E-state index in [0.29, 0.717) is 41.6 Å². The Bertz CT molecular complexity index is 1050. The molecule has 3 aromatic rings. The normalized spacial score (nSPS) is 17.4. The summed E-state index contributed by atoms with van der Waals surface area (Å²) in [6.45, 7) is 4.54. The number of amides is 1. The van der Waals surface area contributed by atoms with Crippen molar-refractivity contribution in [2.24, 2.45) is 0 Å². The maximum atomic E-state index is 12.8.